The van der Waals surface area contributed by atoms with Crippen molar-refractivity contribution < 1.29 is 23.1 Å². The summed E-state index contributed by atoms with van der Waals surface area (Å²) in [5.74, 6) is -3.05. The molecule has 0 aliphatic rings. The number of nitrogens with one attached hydrogen (secondary N) is 1. The maximum Gasteiger partial charge on any atom is 0.310 e. The van der Waals surface area contributed by atoms with Crippen molar-refractivity contribution in [2.24, 2.45) is 0 Å². The van der Waals surface area contributed by atoms with Crippen LogP contribution in [-0.4, -0.2) is 18.5 Å². The molecule has 2 aromatic carbocycles. The number of anilines is 1. The molecule has 0 heterocycles. The average molecular weight is 340 g/mol. The Hall–Kier alpha value is -2.47. The van der Waals surface area contributed by atoms with Gasteiger partial charge in [-0.25, -0.2) is 8.78 Å². The predicted octanol–water partition coefficient (Wildman–Crippen LogP) is 3.34. The van der Waals surface area contributed by atoms with E-state index in [4.69, 9.17) is 16.3 Å². The van der Waals surface area contributed by atoms with E-state index in [2.05, 4.69) is 5.32 Å². The lowest BCUT2D eigenvalue weighted by Crippen LogP contribution is -2.22. The molecule has 7 heteroatoms. The highest BCUT2D eigenvalue weighted by atomic mass is 35.5. The molecule has 2 aromatic rings. The summed E-state index contributed by atoms with van der Waals surface area (Å²) in [6.45, 7) is -0.583. The zero-order valence-electron chi connectivity index (χ0n) is 11.8. The fourth-order valence-electron chi connectivity index (χ4n) is 1.77. The minimum absolute atomic E-state index is 0.0855. The zero-order chi connectivity index (χ0) is 16.8. The summed E-state index contributed by atoms with van der Waals surface area (Å²) in [7, 11) is 0. The molecule has 0 aromatic heterocycles. The summed E-state index contributed by atoms with van der Waals surface area (Å²) in [5, 5.41) is 2.60. The highest BCUT2D eigenvalue weighted by Crippen LogP contribution is 2.16. The third-order valence-corrected chi connectivity index (χ3v) is 3.23. The van der Waals surface area contributed by atoms with Gasteiger partial charge in [0.2, 0.25) is 0 Å². The molecule has 0 aliphatic heterocycles. The van der Waals surface area contributed by atoms with Gasteiger partial charge in [0.1, 0.15) is 11.6 Å². The van der Waals surface area contributed by atoms with E-state index in [0.29, 0.717) is 16.7 Å². The molecule has 0 radical (unpaired) electrons. The molecule has 4 nitrogen and oxygen atoms in total. The van der Waals surface area contributed by atoms with Gasteiger partial charge in [-0.15, -0.1) is 0 Å². The van der Waals surface area contributed by atoms with Crippen molar-refractivity contribution in [2.45, 2.75) is 6.42 Å². The van der Waals surface area contributed by atoms with Crippen molar-refractivity contribution in [3.63, 3.8) is 0 Å². The van der Waals surface area contributed by atoms with Gasteiger partial charge in [0.15, 0.2) is 6.61 Å². The van der Waals surface area contributed by atoms with Crippen molar-refractivity contribution >= 4 is 29.2 Å². The average Bonchev–Trinajstić information content (AvgIpc) is 2.50. The highest BCUT2D eigenvalue weighted by molar-refractivity contribution is 6.31. The maximum atomic E-state index is 13.4. The van der Waals surface area contributed by atoms with Crippen LogP contribution in [0.5, 0.6) is 0 Å². The molecule has 1 N–H and O–H groups in total. The van der Waals surface area contributed by atoms with Crippen LogP contribution in [0.15, 0.2) is 42.5 Å². The topological polar surface area (TPSA) is 55.4 Å². The van der Waals surface area contributed by atoms with E-state index >= 15 is 0 Å². The zero-order valence-corrected chi connectivity index (χ0v) is 12.6. The lowest BCUT2D eigenvalue weighted by Gasteiger charge is -2.08. The molecular weight excluding hydrogens is 328 g/mol. The Morgan fingerprint density at radius 2 is 1.87 bits per heavy atom. The van der Waals surface area contributed by atoms with Gasteiger partial charge in [-0.1, -0.05) is 29.8 Å². The highest BCUT2D eigenvalue weighted by Gasteiger charge is 2.12. The Morgan fingerprint density at radius 3 is 2.57 bits per heavy atom. The van der Waals surface area contributed by atoms with Crippen LogP contribution in [0, 0.1) is 11.6 Å². The number of benzene rings is 2. The minimum Gasteiger partial charge on any atom is -0.455 e. The summed E-state index contributed by atoms with van der Waals surface area (Å²) >= 11 is 5.91. The number of amides is 1. The molecule has 23 heavy (non-hydrogen) atoms. The third-order valence-electron chi connectivity index (χ3n) is 2.86. The van der Waals surface area contributed by atoms with Crippen molar-refractivity contribution in [2.75, 3.05) is 11.9 Å². The third kappa shape index (κ3) is 5.03. The molecule has 2 rings (SSSR count). The fraction of sp³-hybridized carbons (Fsp3) is 0.125. The van der Waals surface area contributed by atoms with E-state index in [1.807, 2.05) is 0 Å². The van der Waals surface area contributed by atoms with Crippen LogP contribution in [0.2, 0.25) is 5.02 Å². The summed E-state index contributed by atoms with van der Waals surface area (Å²) in [4.78, 5) is 23.2. The maximum absolute atomic E-state index is 13.4. The van der Waals surface area contributed by atoms with Gasteiger partial charge >= 0.3 is 5.97 Å². The molecule has 1 amide bonds. The summed E-state index contributed by atoms with van der Waals surface area (Å²) in [5.41, 5.74) is 0.378. The van der Waals surface area contributed by atoms with Crippen LogP contribution < -0.4 is 5.32 Å². The SMILES string of the molecule is O=C(COC(=O)Cc1ccccc1Cl)Nc1ccc(F)cc1F. The second-order valence-electron chi connectivity index (χ2n) is 4.60. The van der Waals surface area contributed by atoms with Gasteiger partial charge in [0.05, 0.1) is 12.1 Å². The first-order valence-electron chi connectivity index (χ1n) is 6.59. The largest absolute Gasteiger partial charge is 0.455 e. The molecule has 0 atom stereocenters. The van der Waals surface area contributed by atoms with Crippen LogP contribution in [0.25, 0.3) is 0 Å². The van der Waals surface area contributed by atoms with E-state index in [1.165, 1.54) is 0 Å². The molecule has 0 saturated heterocycles. The number of carbonyl (C=O) groups is 2. The van der Waals surface area contributed by atoms with E-state index in [0.717, 1.165) is 12.1 Å². The number of rotatable bonds is 5. The second-order valence-corrected chi connectivity index (χ2v) is 5.01. The van der Waals surface area contributed by atoms with E-state index in [9.17, 15) is 18.4 Å². The Kier molecular flexibility index (Phi) is 5.65. The van der Waals surface area contributed by atoms with Crippen LogP contribution in [-0.2, 0) is 20.7 Å². The molecule has 0 saturated carbocycles. The van der Waals surface area contributed by atoms with Crippen LogP contribution >= 0.6 is 11.6 Å². The first-order valence-corrected chi connectivity index (χ1v) is 6.97. The minimum atomic E-state index is -0.916. The van der Waals surface area contributed by atoms with Gasteiger partial charge in [0, 0.05) is 11.1 Å². The Morgan fingerprint density at radius 1 is 1.13 bits per heavy atom. The van der Waals surface area contributed by atoms with Gasteiger partial charge < -0.3 is 10.1 Å². The van der Waals surface area contributed by atoms with Crippen LogP contribution in [0.3, 0.4) is 0 Å². The van der Waals surface area contributed by atoms with Gasteiger partial charge in [0.25, 0.3) is 5.91 Å². The number of hydrogen-bond donors (Lipinski definition) is 1. The number of esters is 1. The first kappa shape index (κ1) is 16.9. The van der Waals surface area contributed by atoms with Crippen molar-refractivity contribution in [3.8, 4) is 0 Å². The van der Waals surface area contributed by atoms with E-state index < -0.39 is 30.1 Å². The number of halogens is 3. The first-order chi connectivity index (χ1) is 11.0. The Labute approximate surface area is 136 Å². The molecular formula is C16H12ClF2NO3. The van der Waals surface area contributed by atoms with Crippen LogP contribution in [0.4, 0.5) is 14.5 Å². The normalized spacial score (nSPS) is 10.2. The summed E-state index contributed by atoms with van der Waals surface area (Å²) in [6.07, 6.45) is -0.0855. The van der Waals surface area contributed by atoms with E-state index in [-0.39, 0.29) is 12.1 Å². The van der Waals surface area contributed by atoms with Crippen molar-refractivity contribution in [1.29, 1.82) is 0 Å². The molecule has 0 aliphatic carbocycles. The Bertz CT molecular complexity index is 737. The fourth-order valence-corrected chi connectivity index (χ4v) is 1.97. The van der Waals surface area contributed by atoms with E-state index in [1.54, 1.807) is 24.3 Å². The number of hydrogen-bond acceptors (Lipinski definition) is 3. The number of ether oxygens (including phenoxy) is 1. The smallest absolute Gasteiger partial charge is 0.310 e. The lowest BCUT2D eigenvalue weighted by atomic mass is 10.1. The number of carbonyl (C=O) groups excluding carboxylic acids is 2. The monoisotopic (exact) mass is 339 g/mol. The van der Waals surface area contributed by atoms with Crippen molar-refractivity contribution in [3.05, 3.63) is 64.7 Å². The molecule has 0 fully saturated rings. The second kappa shape index (κ2) is 7.69. The molecule has 0 bridgehead atoms. The quantitative estimate of drug-likeness (QED) is 0.850. The summed E-state index contributed by atoms with van der Waals surface area (Å²) < 4.78 is 30.9. The molecule has 120 valence electrons. The predicted molar refractivity (Wildman–Crippen MR) is 81.1 cm³/mol. The molecule has 0 unspecified atom stereocenters. The van der Waals surface area contributed by atoms with Crippen molar-refractivity contribution in [1.82, 2.24) is 0 Å². The van der Waals surface area contributed by atoms with Crippen LogP contribution in [0.1, 0.15) is 5.56 Å². The van der Waals surface area contributed by atoms with Gasteiger partial charge in [-0.05, 0) is 23.8 Å². The van der Waals surface area contributed by atoms with Gasteiger partial charge in [-0.2, -0.15) is 0 Å². The standard InChI is InChI=1S/C16H12ClF2NO3/c17-12-4-2-1-3-10(12)7-16(22)23-9-15(21)20-14-6-5-11(18)8-13(14)19/h1-6,8H,7,9H2,(H,20,21). The summed E-state index contributed by atoms with van der Waals surface area (Å²) in [6, 6.07) is 9.46. The Balaban J connectivity index is 1.84. The lowest BCUT2D eigenvalue weighted by molar-refractivity contribution is -0.146. The molecule has 0 spiro atoms. The van der Waals surface area contributed by atoms with Gasteiger partial charge in [-0.3, -0.25) is 9.59 Å².